The molecule has 3 heteroatoms. The zero-order valence-electron chi connectivity index (χ0n) is 41.4. The van der Waals surface area contributed by atoms with E-state index in [9.17, 15) is 0 Å². The molecule has 3 atom stereocenters. The number of hydrogen-bond donors (Lipinski definition) is 0. The maximum Gasteiger partial charge on any atom is 0.234 e. The largest absolute Gasteiger partial charge is 0.397 e. The molecule has 0 bridgehead atoms. The van der Waals surface area contributed by atoms with Crippen LogP contribution in [0, 0.1) is 46.5 Å². The monoisotopic (exact) mass is 873 g/mol. The fourth-order valence-corrected chi connectivity index (χ4v) is 11.6. The maximum absolute atomic E-state index is 7.46. The molecule has 67 heavy (non-hydrogen) atoms. The summed E-state index contributed by atoms with van der Waals surface area (Å²) in [5.74, 6) is 1.20. The molecule has 2 radical (unpaired) electrons. The summed E-state index contributed by atoms with van der Waals surface area (Å²) >= 11 is 0. The predicted molar refractivity (Wildman–Crippen MR) is 288 cm³/mol. The second kappa shape index (κ2) is 19.0. The Morgan fingerprint density at radius 2 is 1.16 bits per heavy atom. The Morgan fingerprint density at radius 1 is 0.642 bits per heavy atom. The van der Waals surface area contributed by atoms with Gasteiger partial charge in [0.25, 0.3) is 0 Å². The van der Waals surface area contributed by atoms with Crippen LogP contribution >= 0.6 is 0 Å². The first kappa shape index (κ1) is 45.7. The zero-order valence-corrected chi connectivity index (χ0v) is 41.4. The minimum Gasteiger partial charge on any atom is -0.397 e. The van der Waals surface area contributed by atoms with Crippen LogP contribution in [0.3, 0.4) is 0 Å². The van der Waals surface area contributed by atoms with Crippen molar-refractivity contribution in [3.05, 3.63) is 224 Å². The van der Waals surface area contributed by atoms with E-state index >= 15 is 0 Å². The Balaban J connectivity index is 1.02. The SMILES string of the molecule is [B]N1C(/C(=C2/CC(CC)C(c3ccc(-c4ccc(-c5c(C)cc(C)cc5C)cc4)cc3)=N2)c2c(C)cccc2C)=CCC(CC)=C1c1ccc(-c2ccc(C3C(C)=CC(C)=CC3C)cc2)cc1. The van der Waals surface area contributed by atoms with E-state index < -0.39 is 0 Å². The summed E-state index contributed by atoms with van der Waals surface area (Å²) < 4.78 is 0. The number of aliphatic imine (C=N–C) groups is 1. The lowest BCUT2D eigenvalue weighted by atomic mass is 9.77. The van der Waals surface area contributed by atoms with Gasteiger partial charge in [0.05, 0.1) is 11.4 Å². The topological polar surface area (TPSA) is 15.6 Å². The number of aryl methyl sites for hydroxylation is 5. The van der Waals surface area contributed by atoms with E-state index in [4.69, 9.17) is 13.0 Å². The molecule has 0 fully saturated rings. The van der Waals surface area contributed by atoms with Gasteiger partial charge in [0.1, 0.15) is 0 Å². The van der Waals surface area contributed by atoms with Crippen LogP contribution in [0.4, 0.5) is 0 Å². The van der Waals surface area contributed by atoms with Crippen molar-refractivity contribution in [2.24, 2.45) is 16.8 Å². The number of rotatable bonds is 10. The molecule has 0 saturated heterocycles. The van der Waals surface area contributed by atoms with E-state index in [2.05, 4.69) is 215 Å². The van der Waals surface area contributed by atoms with E-state index in [-0.39, 0.29) is 0 Å². The van der Waals surface area contributed by atoms with Crippen molar-refractivity contribution in [3.63, 3.8) is 0 Å². The highest BCUT2D eigenvalue weighted by Crippen LogP contribution is 2.46. The zero-order chi connectivity index (χ0) is 47.1. The number of hydrogen-bond acceptors (Lipinski definition) is 2. The molecule has 2 heterocycles. The normalized spacial score (nSPS) is 19.3. The molecule has 3 unspecified atom stereocenters. The Hall–Kier alpha value is -6.45. The highest BCUT2D eigenvalue weighted by Gasteiger charge is 2.32. The molecule has 2 aliphatic heterocycles. The first-order valence-corrected chi connectivity index (χ1v) is 24.6. The first-order chi connectivity index (χ1) is 32.3. The van der Waals surface area contributed by atoms with Crippen molar-refractivity contribution in [3.8, 4) is 33.4 Å². The minimum atomic E-state index is 0.297. The fraction of sp³-hybridized carbons (Fsp3) is 0.266. The third-order valence-corrected chi connectivity index (χ3v) is 14.8. The maximum atomic E-state index is 7.46. The van der Waals surface area contributed by atoms with E-state index in [0.29, 0.717) is 17.8 Å². The molecule has 2 nitrogen and oxygen atoms in total. The number of allylic oxidation sites excluding steroid dienone is 8. The Labute approximate surface area is 402 Å². The van der Waals surface area contributed by atoms with Gasteiger partial charge in [0.2, 0.25) is 7.98 Å². The van der Waals surface area contributed by atoms with Crippen LogP contribution in [0.1, 0.15) is 116 Å². The van der Waals surface area contributed by atoms with Gasteiger partial charge in [-0.05, 0) is 164 Å². The van der Waals surface area contributed by atoms with Crippen molar-refractivity contribution in [2.45, 2.75) is 101 Å². The van der Waals surface area contributed by atoms with Gasteiger partial charge >= 0.3 is 0 Å². The molecule has 3 aliphatic rings. The highest BCUT2D eigenvalue weighted by atomic mass is 15.1. The van der Waals surface area contributed by atoms with E-state index in [1.807, 2.05) is 4.81 Å². The molecule has 334 valence electrons. The third-order valence-electron chi connectivity index (χ3n) is 14.8. The molecule has 9 rings (SSSR count). The average molecular weight is 873 g/mol. The average Bonchev–Trinajstić information content (AvgIpc) is 3.74. The Morgan fingerprint density at radius 3 is 1.70 bits per heavy atom. The van der Waals surface area contributed by atoms with E-state index in [1.54, 1.807) is 0 Å². The smallest absolute Gasteiger partial charge is 0.234 e. The summed E-state index contributed by atoms with van der Waals surface area (Å²) in [5, 5.41) is 0. The summed E-state index contributed by atoms with van der Waals surface area (Å²) in [6, 6.07) is 47.5. The van der Waals surface area contributed by atoms with E-state index in [0.717, 1.165) is 59.6 Å². The van der Waals surface area contributed by atoms with Crippen molar-refractivity contribution >= 4 is 25.0 Å². The summed E-state index contributed by atoms with van der Waals surface area (Å²) in [4.78, 5) is 7.61. The lowest BCUT2D eigenvalue weighted by molar-refractivity contribution is 0.601. The van der Waals surface area contributed by atoms with Crippen LogP contribution in [-0.4, -0.2) is 18.5 Å². The molecule has 0 amide bonds. The Bertz CT molecular complexity index is 3000. The van der Waals surface area contributed by atoms with Crippen LogP contribution < -0.4 is 0 Å². The van der Waals surface area contributed by atoms with Crippen molar-refractivity contribution in [1.82, 2.24) is 4.81 Å². The molecule has 0 saturated carbocycles. The van der Waals surface area contributed by atoms with Gasteiger partial charge in [-0.25, -0.2) is 0 Å². The van der Waals surface area contributed by atoms with Gasteiger partial charge in [0.15, 0.2) is 0 Å². The number of nitrogens with zero attached hydrogens (tertiary/aromatic N) is 2. The van der Waals surface area contributed by atoms with Crippen molar-refractivity contribution in [1.29, 1.82) is 0 Å². The second-order valence-electron chi connectivity index (χ2n) is 19.6. The van der Waals surface area contributed by atoms with Crippen LogP contribution in [0.15, 0.2) is 179 Å². The molecule has 6 aromatic carbocycles. The highest BCUT2D eigenvalue weighted by molar-refractivity contribution is 6.14. The third kappa shape index (κ3) is 8.94. The second-order valence-corrected chi connectivity index (χ2v) is 19.6. The molecular weight excluding hydrogens is 808 g/mol. The molecule has 0 aromatic heterocycles. The molecule has 0 N–H and O–H groups in total. The van der Waals surface area contributed by atoms with Gasteiger partial charge in [-0.15, -0.1) is 0 Å². The Kier molecular flexibility index (Phi) is 13.0. The standard InChI is InChI=1S/C64H65BN2/c1-11-47-32-33-58(67(65)64(47)56-30-22-52(23-31-56)50-18-26-54(27-19-50)60-45(9)36-40(4)37-46(60)10)62(61-41(5)14-13-15-42(61)6)57-38-48(12-2)63(66-57)55-28-20-51(21-29-55)49-16-24-53(25-17-49)59-43(7)34-39(3)35-44(59)8/h13-31,33-37,45,48,60H,11-12,32,38H2,1-10H3/b62-57+. The van der Waals surface area contributed by atoms with Gasteiger partial charge < -0.3 is 4.81 Å². The summed E-state index contributed by atoms with van der Waals surface area (Å²) in [6.45, 7) is 22.4. The van der Waals surface area contributed by atoms with Gasteiger partial charge in [-0.1, -0.05) is 183 Å². The first-order valence-electron chi connectivity index (χ1n) is 24.6. The van der Waals surface area contributed by atoms with Crippen LogP contribution in [0.2, 0.25) is 0 Å². The summed E-state index contributed by atoms with van der Waals surface area (Å²) in [6.07, 6.45) is 10.7. The van der Waals surface area contributed by atoms with Crippen molar-refractivity contribution < 1.29 is 0 Å². The van der Waals surface area contributed by atoms with Gasteiger partial charge in [0, 0.05) is 28.8 Å². The summed E-state index contributed by atoms with van der Waals surface area (Å²) in [5.41, 5.74) is 28.4. The quantitative estimate of drug-likeness (QED) is 0.125. The fourth-order valence-electron chi connectivity index (χ4n) is 11.6. The lowest BCUT2D eigenvalue weighted by Gasteiger charge is -2.35. The molecule has 6 aromatic rings. The number of benzene rings is 6. The van der Waals surface area contributed by atoms with Crippen molar-refractivity contribution in [2.75, 3.05) is 0 Å². The van der Waals surface area contributed by atoms with Gasteiger partial charge in [-0.2, -0.15) is 0 Å². The van der Waals surface area contributed by atoms with Crippen LogP contribution in [0.5, 0.6) is 0 Å². The predicted octanol–water partition coefficient (Wildman–Crippen LogP) is 17.0. The minimum absolute atomic E-state index is 0.297. The molecular formula is C64H65BN2. The molecule has 0 spiro atoms. The van der Waals surface area contributed by atoms with Crippen LogP contribution in [-0.2, 0) is 0 Å². The molecule has 1 aliphatic carbocycles. The lowest BCUT2D eigenvalue weighted by Crippen LogP contribution is -2.24. The van der Waals surface area contributed by atoms with Gasteiger partial charge in [-0.3, -0.25) is 4.99 Å². The summed E-state index contributed by atoms with van der Waals surface area (Å²) in [7, 11) is 7.46. The van der Waals surface area contributed by atoms with Crippen LogP contribution in [0.25, 0.3) is 44.7 Å². The van der Waals surface area contributed by atoms with E-state index in [1.165, 1.54) is 94.6 Å².